The van der Waals surface area contributed by atoms with E-state index in [9.17, 15) is 9.59 Å². The molecule has 0 heterocycles. The molecule has 0 aromatic heterocycles. The molecule has 1 aromatic rings. The molecule has 2 N–H and O–H groups in total. The van der Waals surface area contributed by atoms with E-state index in [0.29, 0.717) is 24.4 Å². The number of ether oxygens (including phenoxy) is 1. The monoisotopic (exact) mass is 305 g/mol. The number of nitrogens with one attached hydrogen (secondary N) is 2. The minimum atomic E-state index is -0.454. The first-order valence-corrected chi connectivity index (χ1v) is 7.41. The summed E-state index contributed by atoms with van der Waals surface area (Å²) in [7, 11) is 0. The molecule has 0 bridgehead atoms. The Morgan fingerprint density at radius 1 is 1.23 bits per heavy atom. The van der Waals surface area contributed by atoms with Crippen LogP contribution in [0.25, 0.3) is 0 Å². The quantitative estimate of drug-likeness (QED) is 0.461. The number of nitrogens with zero attached hydrogens (tertiary/aromatic N) is 1. The van der Waals surface area contributed by atoms with Crippen molar-refractivity contribution in [3.8, 4) is 0 Å². The van der Waals surface area contributed by atoms with Crippen molar-refractivity contribution in [1.82, 2.24) is 5.43 Å². The highest BCUT2D eigenvalue weighted by atomic mass is 16.5. The Morgan fingerprint density at radius 2 is 1.91 bits per heavy atom. The van der Waals surface area contributed by atoms with Gasteiger partial charge in [-0.2, -0.15) is 5.10 Å². The number of amides is 2. The second-order valence-electron chi connectivity index (χ2n) is 4.78. The third kappa shape index (κ3) is 5.95. The average Bonchev–Trinajstić information content (AvgIpc) is 2.51. The van der Waals surface area contributed by atoms with Gasteiger partial charge in [0.25, 0.3) is 0 Å². The first kappa shape index (κ1) is 17.7. The second kappa shape index (κ2) is 9.55. The number of rotatable bonds is 7. The first-order valence-electron chi connectivity index (χ1n) is 7.41. The van der Waals surface area contributed by atoms with Crippen molar-refractivity contribution < 1.29 is 14.3 Å². The summed E-state index contributed by atoms with van der Waals surface area (Å²) >= 11 is 0. The van der Waals surface area contributed by atoms with Crippen LogP contribution in [0.15, 0.2) is 35.4 Å². The van der Waals surface area contributed by atoms with Crippen LogP contribution in [0.5, 0.6) is 0 Å². The molecule has 0 aliphatic rings. The third-order valence-electron chi connectivity index (χ3n) is 3.02. The summed E-state index contributed by atoms with van der Waals surface area (Å²) in [5, 5.41) is 6.65. The molecule has 1 rings (SSSR count). The van der Waals surface area contributed by atoms with E-state index in [0.717, 1.165) is 6.42 Å². The summed E-state index contributed by atoms with van der Waals surface area (Å²) in [5.74, 6) is -0.738. The van der Waals surface area contributed by atoms with Gasteiger partial charge in [0.2, 0.25) is 0 Å². The van der Waals surface area contributed by atoms with Crippen LogP contribution in [0.1, 0.15) is 33.6 Å². The average molecular weight is 305 g/mol. The lowest BCUT2D eigenvalue weighted by Gasteiger charge is -2.14. The minimum absolute atomic E-state index is 0.309. The first-order chi connectivity index (χ1) is 10.6. The molecule has 0 fully saturated rings. The van der Waals surface area contributed by atoms with Gasteiger partial charge in [-0.25, -0.2) is 10.2 Å². The van der Waals surface area contributed by atoms with Gasteiger partial charge in [0.1, 0.15) is 0 Å². The zero-order valence-electron chi connectivity index (χ0n) is 13.3. The standard InChI is InChI=1S/C16H23N3O3/c1-4-9-14(15(20)22-5-2)12(3)18-19-16(21)17-13-10-7-6-8-11-13/h6-8,10-11,14H,4-5,9H2,1-3H3,(H2,17,19,21)/b18-12-/t14-/m0/s1. The Labute approximate surface area is 130 Å². The highest BCUT2D eigenvalue weighted by Crippen LogP contribution is 2.11. The van der Waals surface area contributed by atoms with E-state index >= 15 is 0 Å². The maximum absolute atomic E-state index is 11.9. The van der Waals surface area contributed by atoms with E-state index < -0.39 is 11.9 Å². The van der Waals surface area contributed by atoms with Crippen LogP contribution in [0.2, 0.25) is 0 Å². The summed E-state index contributed by atoms with van der Waals surface area (Å²) in [6, 6.07) is 8.60. The van der Waals surface area contributed by atoms with E-state index in [1.54, 1.807) is 26.0 Å². The molecule has 0 saturated heterocycles. The van der Waals surface area contributed by atoms with Gasteiger partial charge in [0.05, 0.1) is 12.5 Å². The fraction of sp³-hybridized carbons (Fsp3) is 0.438. The lowest BCUT2D eigenvalue weighted by atomic mass is 9.99. The van der Waals surface area contributed by atoms with Gasteiger partial charge < -0.3 is 10.1 Å². The number of anilines is 1. The number of urea groups is 1. The summed E-state index contributed by atoms with van der Waals surface area (Å²) in [6.45, 7) is 5.78. The van der Waals surface area contributed by atoms with Crippen LogP contribution in [0, 0.1) is 5.92 Å². The fourth-order valence-electron chi connectivity index (χ4n) is 1.93. The summed E-state index contributed by atoms with van der Waals surface area (Å²) < 4.78 is 5.03. The van der Waals surface area contributed by atoms with E-state index in [2.05, 4.69) is 15.8 Å². The van der Waals surface area contributed by atoms with Gasteiger partial charge in [-0.05, 0) is 32.4 Å². The van der Waals surface area contributed by atoms with Crippen molar-refractivity contribution >= 4 is 23.4 Å². The molecule has 0 unspecified atom stereocenters. The number of esters is 1. The van der Waals surface area contributed by atoms with Gasteiger partial charge in [-0.1, -0.05) is 31.5 Å². The van der Waals surface area contributed by atoms with Crippen molar-refractivity contribution in [2.45, 2.75) is 33.6 Å². The van der Waals surface area contributed by atoms with Crippen LogP contribution in [0.3, 0.4) is 0 Å². The number of hydrazone groups is 1. The zero-order chi connectivity index (χ0) is 16.4. The second-order valence-corrected chi connectivity index (χ2v) is 4.78. The number of carbonyl (C=O) groups is 2. The van der Waals surface area contributed by atoms with Crippen LogP contribution in [-0.4, -0.2) is 24.3 Å². The third-order valence-corrected chi connectivity index (χ3v) is 3.02. The van der Waals surface area contributed by atoms with Crippen LogP contribution in [-0.2, 0) is 9.53 Å². The van der Waals surface area contributed by atoms with E-state index in [-0.39, 0.29) is 5.97 Å². The Bertz CT molecular complexity index is 515. The molecule has 6 nitrogen and oxygen atoms in total. The largest absolute Gasteiger partial charge is 0.465 e. The van der Waals surface area contributed by atoms with Crippen molar-refractivity contribution in [2.24, 2.45) is 11.0 Å². The smallest absolute Gasteiger partial charge is 0.339 e. The highest BCUT2D eigenvalue weighted by molar-refractivity contribution is 6.01. The molecule has 0 radical (unpaired) electrons. The van der Waals surface area contributed by atoms with E-state index in [1.807, 2.05) is 25.1 Å². The molecule has 2 amide bonds. The molecule has 22 heavy (non-hydrogen) atoms. The van der Waals surface area contributed by atoms with Crippen LogP contribution in [0.4, 0.5) is 10.5 Å². The summed E-state index contributed by atoms with van der Waals surface area (Å²) in [4.78, 5) is 23.6. The number of hydrogen-bond donors (Lipinski definition) is 2. The number of carbonyl (C=O) groups excluding carboxylic acids is 2. The molecule has 6 heteroatoms. The SMILES string of the molecule is CCC[C@H](C(=O)OCC)/C(C)=N\NC(=O)Nc1ccccc1. The highest BCUT2D eigenvalue weighted by Gasteiger charge is 2.22. The molecule has 0 aliphatic heterocycles. The normalized spacial score (nSPS) is 12.4. The Hall–Kier alpha value is -2.37. The number of hydrogen-bond acceptors (Lipinski definition) is 4. The molecular weight excluding hydrogens is 282 g/mol. The summed E-state index contributed by atoms with van der Waals surface area (Å²) in [6.07, 6.45) is 1.46. The Kier molecular flexibility index (Phi) is 7.67. The van der Waals surface area contributed by atoms with Gasteiger partial charge in [0.15, 0.2) is 0 Å². The molecule has 0 aliphatic carbocycles. The van der Waals surface area contributed by atoms with Gasteiger partial charge in [-0.3, -0.25) is 4.79 Å². The Morgan fingerprint density at radius 3 is 2.50 bits per heavy atom. The van der Waals surface area contributed by atoms with Gasteiger partial charge in [0, 0.05) is 11.4 Å². The van der Waals surface area contributed by atoms with Crippen LogP contribution < -0.4 is 10.7 Å². The van der Waals surface area contributed by atoms with Crippen LogP contribution >= 0.6 is 0 Å². The van der Waals surface area contributed by atoms with Crippen molar-refractivity contribution in [3.05, 3.63) is 30.3 Å². The predicted molar refractivity (Wildman–Crippen MR) is 86.7 cm³/mol. The fourth-order valence-corrected chi connectivity index (χ4v) is 1.93. The van der Waals surface area contributed by atoms with Gasteiger partial charge in [-0.15, -0.1) is 0 Å². The van der Waals surface area contributed by atoms with E-state index in [4.69, 9.17) is 4.74 Å². The zero-order valence-corrected chi connectivity index (χ0v) is 13.3. The van der Waals surface area contributed by atoms with Gasteiger partial charge >= 0.3 is 12.0 Å². The minimum Gasteiger partial charge on any atom is -0.465 e. The number of para-hydroxylation sites is 1. The lowest BCUT2D eigenvalue weighted by Crippen LogP contribution is -2.29. The summed E-state index contributed by atoms with van der Waals surface area (Å²) in [5.41, 5.74) is 3.60. The van der Waals surface area contributed by atoms with Crippen molar-refractivity contribution in [2.75, 3.05) is 11.9 Å². The van der Waals surface area contributed by atoms with Crippen molar-refractivity contribution in [3.63, 3.8) is 0 Å². The molecule has 1 atom stereocenters. The van der Waals surface area contributed by atoms with Crippen molar-refractivity contribution in [1.29, 1.82) is 0 Å². The molecule has 120 valence electrons. The number of benzene rings is 1. The van der Waals surface area contributed by atoms with E-state index in [1.165, 1.54) is 0 Å². The lowest BCUT2D eigenvalue weighted by molar-refractivity contribution is -0.145. The predicted octanol–water partition coefficient (Wildman–Crippen LogP) is 3.16. The Balaban J connectivity index is 2.61. The maximum atomic E-state index is 11.9. The topological polar surface area (TPSA) is 79.8 Å². The molecule has 1 aromatic carbocycles. The molecule has 0 spiro atoms. The maximum Gasteiger partial charge on any atom is 0.339 e. The molecule has 0 saturated carbocycles. The molecular formula is C16H23N3O3.